The van der Waals surface area contributed by atoms with Crippen molar-refractivity contribution in [3.8, 4) is 0 Å². The smallest absolute Gasteiger partial charge is 0.0179 e. The maximum absolute atomic E-state index is 2.44. The number of rotatable bonds is 1. The van der Waals surface area contributed by atoms with E-state index >= 15 is 0 Å². The Morgan fingerprint density at radius 3 is 2.40 bits per heavy atom. The molecular formula is C10H17. The minimum Gasteiger partial charge on any atom is -0.0854 e. The summed E-state index contributed by atoms with van der Waals surface area (Å²) in [6.45, 7) is 6.83. The van der Waals surface area contributed by atoms with Crippen LogP contribution in [0.15, 0.2) is 12.2 Å². The Hall–Kier alpha value is -0.260. The Morgan fingerprint density at radius 1 is 1.30 bits per heavy atom. The standard InChI is InChI=1S/C10H17/c1-8(2)10-6-4-9(3)5-7-10/h4,6-10H,5H2,1-3H3. The summed E-state index contributed by atoms with van der Waals surface area (Å²) in [6.07, 6.45) is 8.39. The van der Waals surface area contributed by atoms with Crippen LogP contribution < -0.4 is 0 Å². The van der Waals surface area contributed by atoms with Crippen molar-refractivity contribution >= 4 is 0 Å². The lowest BCUT2D eigenvalue weighted by Crippen LogP contribution is -2.12. The van der Waals surface area contributed by atoms with E-state index in [4.69, 9.17) is 0 Å². The van der Waals surface area contributed by atoms with Crippen LogP contribution in [0.4, 0.5) is 0 Å². The van der Waals surface area contributed by atoms with Gasteiger partial charge in [0.1, 0.15) is 0 Å². The fourth-order valence-electron chi connectivity index (χ4n) is 1.34. The molecule has 0 aromatic rings. The highest BCUT2D eigenvalue weighted by molar-refractivity contribution is 5.04. The first-order chi connectivity index (χ1) is 4.70. The van der Waals surface area contributed by atoms with Crippen molar-refractivity contribution in [2.24, 2.45) is 17.8 Å². The van der Waals surface area contributed by atoms with Gasteiger partial charge in [-0.15, -0.1) is 0 Å². The Bertz CT molecular complexity index is 122. The van der Waals surface area contributed by atoms with Gasteiger partial charge >= 0.3 is 0 Å². The lowest BCUT2D eigenvalue weighted by molar-refractivity contribution is 0.468. The van der Waals surface area contributed by atoms with Crippen LogP contribution in [0.1, 0.15) is 27.2 Å². The van der Waals surface area contributed by atoms with Crippen LogP contribution in [0.2, 0.25) is 0 Å². The molecule has 0 N–H and O–H groups in total. The second-order valence-corrected chi connectivity index (χ2v) is 3.65. The second kappa shape index (κ2) is 3.23. The molecule has 0 fully saturated rings. The SMILES string of the molecule is CC1C=CC(C(C)C)[CH]C1. The molecule has 0 saturated heterocycles. The van der Waals surface area contributed by atoms with Gasteiger partial charge < -0.3 is 0 Å². The normalized spacial score (nSPS) is 33.2. The molecule has 0 aromatic heterocycles. The molecule has 0 nitrogen and oxygen atoms in total. The van der Waals surface area contributed by atoms with Crippen LogP contribution in [0, 0.1) is 24.2 Å². The summed E-state index contributed by atoms with van der Waals surface area (Å²) in [7, 11) is 0. The highest BCUT2D eigenvalue weighted by Gasteiger charge is 2.15. The zero-order valence-corrected chi connectivity index (χ0v) is 7.17. The van der Waals surface area contributed by atoms with E-state index in [0.29, 0.717) is 0 Å². The highest BCUT2D eigenvalue weighted by Crippen LogP contribution is 2.25. The molecular weight excluding hydrogens is 120 g/mol. The molecule has 1 rings (SSSR count). The average Bonchev–Trinajstić information content (AvgIpc) is 1.88. The van der Waals surface area contributed by atoms with Crippen molar-refractivity contribution in [3.63, 3.8) is 0 Å². The van der Waals surface area contributed by atoms with Gasteiger partial charge in [-0.25, -0.2) is 0 Å². The van der Waals surface area contributed by atoms with Gasteiger partial charge in [-0.05, 0) is 30.6 Å². The molecule has 0 heterocycles. The topological polar surface area (TPSA) is 0 Å². The van der Waals surface area contributed by atoms with Gasteiger partial charge in [-0.3, -0.25) is 0 Å². The zero-order valence-electron chi connectivity index (χ0n) is 7.17. The van der Waals surface area contributed by atoms with Crippen molar-refractivity contribution in [1.82, 2.24) is 0 Å². The van der Waals surface area contributed by atoms with Gasteiger partial charge in [-0.2, -0.15) is 0 Å². The summed E-state index contributed by atoms with van der Waals surface area (Å²) in [5.74, 6) is 2.29. The molecule has 0 heteroatoms. The van der Waals surface area contributed by atoms with E-state index in [2.05, 4.69) is 39.3 Å². The zero-order chi connectivity index (χ0) is 7.56. The van der Waals surface area contributed by atoms with Crippen LogP contribution in [0.25, 0.3) is 0 Å². The van der Waals surface area contributed by atoms with E-state index in [1.165, 1.54) is 6.42 Å². The maximum atomic E-state index is 2.44. The van der Waals surface area contributed by atoms with E-state index < -0.39 is 0 Å². The summed E-state index contributed by atoms with van der Waals surface area (Å²) in [4.78, 5) is 0. The van der Waals surface area contributed by atoms with E-state index in [0.717, 1.165) is 17.8 Å². The lowest BCUT2D eigenvalue weighted by atomic mass is 9.83. The minimum absolute atomic E-state index is 0.733. The average molecular weight is 137 g/mol. The first kappa shape index (κ1) is 7.84. The molecule has 2 atom stereocenters. The van der Waals surface area contributed by atoms with Gasteiger partial charge in [0.2, 0.25) is 0 Å². The molecule has 10 heavy (non-hydrogen) atoms. The van der Waals surface area contributed by atoms with Gasteiger partial charge in [0.05, 0.1) is 0 Å². The Morgan fingerprint density at radius 2 is 2.00 bits per heavy atom. The van der Waals surface area contributed by atoms with Crippen LogP contribution in [-0.2, 0) is 0 Å². The number of hydrogen-bond donors (Lipinski definition) is 0. The Kier molecular flexibility index (Phi) is 2.53. The van der Waals surface area contributed by atoms with Crippen LogP contribution in [0.5, 0.6) is 0 Å². The first-order valence-corrected chi connectivity index (χ1v) is 4.22. The maximum Gasteiger partial charge on any atom is -0.0179 e. The third kappa shape index (κ3) is 1.86. The summed E-state index contributed by atoms with van der Waals surface area (Å²) >= 11 is 0. The van der Waals surface area contributed by atoms with Crippen molar-refractivity contribution in [2.75, 3.05) is 0 Å². The van der Waals surface area contributed by atoms with E-state index in [1.54, 1.807) is 0 Å². The number of hydrogen-bond acceptors (Lipinski definition) is 0. The van der Waals surface area contributed by atoms with E-state index in [-0.39, 0.29) is 0 Å². The predicted molar refractivity (Wildman–Crippen MR) is 45.5 cm³/mol. The van der Waals surface area contributed by atoms with Gasteiger partial charge in [-0.1, -0.05) is 32.9 Å². The molecule has 0 saturated carbocycles. The first-order valence-electron chi connectivity index (χ1n) is 4.22. The highest BCUT2D eigenvalue weighted by atomic mass is 14.2. The summed E-state index contributed by atoms with van der Waals surface area (Å²) in [5.41, 5.74) is 0. The molecule has 0 spiro atoms. The third-order valence-electron chi connectivity index (χ3n) is 2.21. The molecule has 1 radical (unpaired) electrons. The molecule has 0 amide bonds. The lowest BCUT2D eigenvalue weighted by Gasteiger charge is -2.22. The minimum atomic E-state index is 0.733. The molecule has 57 valence electrons. The van der Waals surface area contributed by atoms with Crippen molar-refractivity contribution in [1.29, 1.82) is 0 Å². The van der Waals surface area contributed by atoms with Gasteiger partial charge in [0.15, 0.2) is 0 Å². The third-order valence-corrected chi connectivity index (χ3v) is 2.21. The van der Waals surface area contributed by atoms with Crippen LogP contribution in [-0.4, -0.2) is 0 Å². The summed E-state index contributed by atoms with van der Waals surface area (Å²) in [5, 5.41) is 0. The largest absolute Gasteiger partial charge is 0.0854 e. The second-order valence-electron chi connectivity index (χ2n) is 3.65. The quantitative estimate of drug-likeness (QED) is 0.487. The molecule has 0 aliphatic heterocycles. The Balaban J connectivity index is 2.45. The van der Waals surface area contributed by atoms with Crippen LogP contribution >= 0.6 is 0 Å². The fourth-order valence-corrected chi connectivity index (χ4v) is 1.34. The number of allylic oxidation sites excluding steroid dienone is 2. The van der Waals surface area contributed by atoms with Crippen molar-refractivity contribution in [2.45, 2.75) is 27.2 Å². The summed E-state index contributed by atoms with van der Waals surface area (Å²) in [6, 6.07) is 0. The van der Waals surface area contributed by atoms with E-state index in [9.17, 15) is 0 Å². The van der Waals surface area contributed by atoms with Gasteiger partial charge in [0.25, 0.3) is 0 Å². The molecule has 2 unspecified atom stereocenters. The predicted octanol–water partition coefficient (Wildman–Crippen LogP) is 3.06. The van der Waals surface area contributed by atoms with Crippen molar-refractivity contribution < 1.29 is 0 Å². The van der Waals surface area contributed by atoms with Crippen molar-refractivity contribution in [3.05, 3.63) is 18.6 Å². The molecule has 0 bridgehead atoms. The fraction of sp³-hybridized carbons (Fsp3) is 0.700. The molecule has 1 aliphatic carbocycles. The van der Waals surface area contributed by atoms with Gasteiger partial charge in [0, 0.05) is 0 Å². The molecule has 1 aliphatic rings. The summed E-state index contributed by atoms with van der Waals surface area (Å²) < 4.78 is 0. The Labute approximate surface area is 64.3 Å². The van der Waals surface area contributed by atoms with Crippen LogP contribution in [0.3, 0.4) is 0 Å². The van der Waals surface area contributed by atoms with E-state index in [1.807, 2.05) is 0 Å². The molecule has 0 aromatic carbocycles. The monoisotopic (exact) mass is 137 g/mol.